The molecule has 1 rings (SSSR count). The molecular weight excluding hydrogens is 700 g/mol. The molecule has 0 aromatic heterocycles. The van der Waals surface area contributed by atoms with Gasteiger partial charge in [-0.25, -0.2) is 0 Å². The van der Waals surface area contributed by atoms with Crippen LogP contribution < -0.4 is 0 Å². The van der Waals surface area contributed by atoms with Gasteiger partial charge < -0.3 is 39.4 Å². The molecule has 10 heteroatoms. The molecule has 1 heterocycles. The predicted molar refractivity (Wildman–Crippen MR) is 219 cm³/mol. The van der Waals surface area contributed by atoms with Crippen molar-refractivity contribution in [3.63, 3.8) is 0 Å². The molecule has 2 unspecified atom stereocenters. The summed E-state index contributed by atoms with van der Waals surface area (Å²) in [4.78, 5) is 25.3. The van der Waals surface area contributed by atoms with E-state index in [1.165, 1.54) is 103 Å². The van der Waals surface area contributed by atoms with Crippen molar-refractivity contribution < 1.29 is 49.0 Å². The van der Waals surface area contributed by atoms with Gasteiger partial charge in [-0.05, 0) is 64.2 Å². The Labute approximate surface area is 334 Å². The highest BCUT2D eigenvalue weighted by atomic mass is 16.7. The average Bonchev–Trinajstić information content (AvgIpc) is 3.18. The van der Waals surface area contributed by atoms with Gasteiger partial charge in [0.15, 0.2) is 12.4 Å². The summed E-state index contributed by atoms with van der Waals surface area (Å²) in [5.41, 5.74) is 0. The van der Waals surface area contributed by atoms with Gasteiger partial charge in [0.1, 0.15) is 31.0 Å². The molecule has 6 atom stereocenters. The first kappa shape index (κ1) is 51.2. The Kier molecular flexibility index (Phi) is 34.0. The van der Waals surface area contributed by atoms with Crippen LogP contribution in [-0.2, 0) is 28.5 Å². The first-order valence-corrected chi connectivity index (χ1v) is 22.4. The Balaban J connectivity index is 2.35. The van der Waals surface area contributed by atoms with Crippen LogP contribution in [0, 0.1) is 0 Å². The van der Waals surface area contributed by atoms with Crippen LogP contribution in [0.5, 0.6) is 0 Å². The fourth-order valence-electron chi connectivity index (χ4n) is 6.71. The van der Waals surface area contributed by atoms with Crippen molar-refractivity contribution in [2.45, 2.75) is 230 Å². The number of rotatable bonds is 37. The molecule has 322 valence electrons. The third kappa shape index (κ3) is 28.3. The van der Waals surface area contributed by atoms with E-state index in [1.807, 2.05) is 0 Å². The van der Waals surface area contributed by atoms with Gasteiger partial charge in [0, 0.05) is 12.8 Å². The van der Waals surface area contributed by atoms with Crippen molar-refractivity contribution in [1.82, 2.24) is 0 Å². The summed E-state index contributed by atoms with van der Waals surface area (Å²) in [6.07, 6.45) is 31.8. The van der Waals surface area contributed by atoms with Crippen molar-refractivity contribution in [1.29, 1.82) is 0 Å². The summed E-state index contributed by atoms with van der Waals surface area (Å²) in [5.74, 6) is -0.838. The molecule has 10 nitrogen and oxygen atoms in total. The van der Waals surface area contributed by atoms with Crippen LogP contribution in [0.4, 0.5) is 0 Å². The Morgan fingerprint density at radius 1 is 0.545 bits per heavy atom. The van der Waals surface area contributed by atoms with E-state index in [2.05, 4.69) is 38.2 Å². The zero-order valence-corrected chi connectivity index (χ0v) is 34.9. The molecule has 4 N–H and O–H groups in total. The van der Waals surface area contributed by atoms with Crippen LogP contribution in [0.15, 0.2) is 24.3 Å². The zero-order valence-electron chi connectivity index (χ0n) is 34.9. The summed E-state index contributed by atoms with van der Waals surface area (Å²) in [6, 6.07) is 0. The van der Waals surface area contributed by atoms with Crippen molar-refractivity contribution in [2.24, 2.45) is 0 Å². The number of allylic oxidation sites excluding steroid dienone is 4. The zero-order chi connectivity index (χ0) is 40.2. The second kappa shape index (κ2) is 36.5. The molecule has 0 aliphatic carbocycles. The summed E-state index contributed by atoms with van der Waals surface area (Å²) in [6.45, 7) is 3.39. The molecular formula is C45H82O10. The van der Waals surface area contributed by atoms with Crippen molar-refractivity contribution in [3.8, 4) is 0 Å². The van der Waals surface area contributed by atoms with E-state index >= 15 is 0 Å². The molecule has 0 aromatic rings. The van der Waals surface area contributed by atoms with Crippen LogP contribution >= 0.6 is 0 Å². The molecule has 1 saturated heterocycles. The van der Waals surface area contributed by atoms with Gasteiger partial charge >= 0.3 is 11.9 Å². The minimum Gasteiger partial charge on any atom is -0.462 e. The number of aliphatic hydroxyl groups is 4. The highest BCUT2D eigenvalue weighted by Crippen LogP contribution is 2.22. The molecule has 0 bridgehead atoms. The lowest BCUT2D eigenvalue weighted by atomic mass is 9.99. The second-order valence-electron chi connectivity index (χ2n) is 15.5. The maximum atomic E-state index is 12.7. The van der Waals surface area contributed by atoms with Gasteiger partial charge in [-0.3, -0.25) is 9.59 Å². The fourth-order valence-corrected chi connectivity index (χ4v) is 6.71. The lowest BCUT2D eigenvalue weighted by Gasteiger charge is -2.39. The Morgan fingerprint density at radius 3 is 1.45 bits per heavy atom. The normalized spacial score (nSPS) is 20.7. The van der Waals surface area contributed by atoms with E-state index in [0.717, 1.165) is 51.4 Å². The monoisotopic (exact) mass is 783 g/mol. The van der Waals surface area contributed by atoms with Crippen LogP contribution in [-0.4, -0.2) is 89.0 Å². The molecule has 55 heavy (non-hydrogen) atoms. The SMILES string of the molecule is CCCCCCCC/C=C/CCCCCCCC(=O)OC[C@@H](CO[C@H]1O[C@@H](CO)[C@@H](O)C(O)C1O)OC(=O)CCCC/C=C/CCCCCCCCCCC. The molecule has 1 fully saturated rings. The van der Waals surface area contributed by atoms with Gasteiger partial charge in [-0.15, -0.1) is 0 Å². The highest BCUT2D eigenvalue weighted by Gasteiger charge is 2.44. The summed E-state index contributed by atoms with van der Waals surface area (Å²) < 4.78 is 22.1. The smallest absolute Gasteiger partial charge is 0.306 e. The number of carbonyl (C=O) groups excluding carboxylic acids is 2. The topological polar surface area (TPSA) is 152 Å². The third-order valence-corrected chi connectivity index (χ3v) is 10.3. The molecule has 0 radical (unpaired) electrons. The number of esters is 2. The molecule has 0 amide bonds. The minimum absolute atomic E-state index is 0.200. The van der Waals surface area contributed by atoms with Gasteiger partial charge in [-0.1, -0.05) is 141 Å². The van der Waals surface area contributed by atoms with E-state index in [4.69, 9.17) is 18.9 Å². The predicted octanol–water partition coefficient (Wildman–Crippen LogP) is 9.33. The largest absolute Gasteiger partial charge is 0.462 e. The number of hydrogen-bond donors (Lipinski definition) is 4. The number of ether oxygens (including phenoxy) is 4. The number of aliphatic hydroxyl groups excluding tert-OH is 4. The number of hydrogen-bond acceptors (Lipinski definition) is 10. The molecule has 0 spiro atoms. The van der Waals surface area contributed by atoms with Gasteiger partial charge in [0.25, 0.3) is 0 Å². The van der Waals surface area contributed by atoms with E-state index in [1.54, 1.807) is 0 Å². The molecule has 1 aliphatic rings. The standard InChI is InChI=1S/C45H82O10/c1-3-5-7-9-11-13-15-17-19-21-23-25-27-29-31-33-40(47)52-36-38(37-53-45-44(51)43(50)42(49)39(35-46)55-45)54-41(48)34-32-30-28-26-24-22-20-18-16-14-12-10-8-6-4-2/h17,19,24,26,38-39,42-46,49-51H,3-16,18,20-23,25,27-37H2,1-2H3/b19-17+,26-24+/t38-,39-,42+,43?,44?,45-/m0/s1. The van der Waals surface area contributed by atoms with Gasteiger partial charge in [0.05, 0.1) is 13.2 Å². The fraction of sp³-hybridized carbons (Fsp3) is 0.867. The molecule has 1 aliphatic heterocycles. The number of carbonyl (C=O) groups is 2. The van der Waals surface area contributed by atoms with E-state index in [-0.39, 0.29) is 32.0 Å². The Morgan fingerprint density at radius 2 is 0.964 bits per heavy atom. The van der Waals surface area contributed by atoms with Gasteiger partial charge in [-0.2, -0.15) is 0 Å². The highest BCUT2D eigenvalue weighted by molar-refractivity contribution is 5.70. The van der Waals surface area contributed by atoms with Crippen LogP contribution in [0.2, 0.25) is 0 Å². The summed E-state index contributed by atoms with van der Waals surface area (Å²) in [7, 11) is 0. The summed E-state index contributed by atoms with van der Waals surface area (Å²) >= 11 is 0. The van der Waals surface area contributed by atoms with E-state index in [0.29, 0.717) is 12.8 Å². The molecule has 0 saturated carbocycles. The first-order valence-electron chi connectivity index (χ1n) is 22.4. The Bertz CT molecular complexity index is 954. The molecule has 0 aromatic carbocycles. The first-order chi connectivity index (χ1) is 26.8. The second-order valence-corrected chi connectivity index (χ2v) is 15.5. The van der Waals surface area contributed by atoms with Crippen molar-refractivity contribution >= 4 is 11.9 Å². The third-order valence-electron chi connectivity index (χ3n) is 10.3. The maximum Gasteiger partial charge on any atom is 0.306 e. The quantitative estimate of drug-likeness (QED) is 0.0273. The minimum atomic E-state index is -1.60. The van der Waals surface area contributed by atoms with Gasteiger partial charge in [0.2, 0.25) is 0 Å². The van der Waals surface area contributed by atoms with Crippen LogP contribution in [0.3, 0.4) is 0 Å². The van der Waals surface area contributed by atoms with Crippen molar-refractivity contribution in [2.75, 3.05) is 19.8 Å². The lowest BCUT2D eigenvalue weighted by Crippen LogP contribution is -2.59. The Hall–Kier alpha value is -1.82. The van der Waals surface area contributed by atoms with Crippen LogP contribution in [0.25, 0.3) is 0 Å². The van der Waals surface area contributed by atoms with E-state index in [9.17, 15) is 30.0 Å². The lowest BCUT2D eigenvalue weighted by molar-refractivity contribution is -0.305. The van der Waals surface area contributed by atoms with Crippen LogP contribution in [0.1, 0.15) is 194 Å². The summed E-state index contributed by atoms with van der Waals surface area (Å²) in [5, 5.41) is 40.0. The van der Waals surface area contributed by atoms with E-state index < -0.39 is 49.4 Å². The average molecular weight is 783 g/mol. The van der Waals surface area contributed by atoms with Crippen molar-refractivity contribution in [3.05, 3.63) is 24.3 Å². The maximum absolute atomic E-state index is 12.7. The number of unbranched alkanes of at least 4 members (excludes halogenated alkanes) is 22.